The third-order valence-corrected chi connectivity index (χ3v) is 5.93. The molecule has 0 fully saturated rings. The quantitative estimate of drug-likeness (QED) is 0.313. The largest absolute Gasteiger partial charge is 0.344 e. The van der Waals surface area contributed by atoms with Crippen LogP contribution in [0.15, 0.2) is 82.0 Å². The van der Waals surface area contributed by atoms with Crippen LogP contribution in [0.25, 0.3) is 0 Å². The van der Waals surface area contributed by atoms with Gasteiger partial charge < -0.3 is 16.0 Å². The van der Waals surface area contributed by atoms with E-state index in [2.05, 4.69) is 25.9 Å². The molecule has 1 aliphatic heterocycles. The molecule has 0 bridgehead atoms. The second-order valence-corrected chi connectivity index (χ2v) is 8.73. The monoisotopic (exact) mass is 515 g/mol. The zero-order valence-electron chi connectivity index (χ0n) is 20.3. The van der Waals surface area contributed by atoms with E-state index in [0.717, 1.165) is 5.56 Å². The molecule has 3 aromatic rings. The first-order valence-electron chi connectivity index (χ1n) is 11.3. The topological polar surface area (TPSA) is 115 Å². The number of nitriles is 1. The number of amidine groups is 1. The Balaban J connectivity index is 1.65. The number of pyridine rings is 1. The van der Waals surface area contributed by atoms with Crippen LogP contribution in [0.2, 0.25) is 5.02 Å². The highest BCUT2D eigenvalue weighted by Gasteiger charge is 2.31. The van der Waals surface area contributed by atoms with E-state index in [-0.39, 0.29) is 11.8 Å². The second kappa shape index (κ2) is 11.0. The van der Waals surface area contributed by atoms with Crippen LogP contribution in [0.5, 0.6) is 0 Å². The molecule has 1 aromatic heterocycles. The molecular formula is C27H23ClFN7O. The molecule has 1 amide bonds. The van der Waals surface area contributed by atoms with E-state index in [9.17, 15) is 9.18 Å². The normalized spacial score (nSPS) is 15.4. The van der Waals surface area contributed by atoms with Gasteiger partial charge in [-0.3, -0.25) is 4.79 Å². The van der Waals surface area contributed by atoms with Crippen LogP contribution in [0.1, 0.15) is 36.6 Å². The van der Waals surface area contributed by atoms with Gasteiger partial charge in [0.25, 0.3) is 5.91 Å². The predicted molar refractivity (Wildman–Crippen MR) is 143 cm³/mol. The van der Waals surface area contributed by atoms with Crippen molar-refractivity contribution in [1.82, 2.24) is 10.3 Å². The first-order chi connectivity index (χ1) is 17.7. The molecule has 4 rings (SSSR count). The number of nitrogens with zero attached hydrogens (tertiary/aromatic N) is 4. The van der Waals surface area contributed by atoms with Crippen LogP contribution in [-0.2, 0) is 4.79 Å². The summed E-state index contributed by atoms with van der Waals surface area (Å²) in [7, 11) is 0. The van der Waals surface area contributed by atoms with Gasteiger partial charge in [-0.1, -0.05) is 29.8 Å². The maximum Gasteiger partial charge on any atom is 0.257 e. The number of benzene rings is 2. The number of aromatic nitrogens is 1. The van der Waals surface area contributed by atoms with Crippen molar-refractivity contribution < 1.29 is 9.18 Å². The van der Waals surface area contributed by atoms with Crippen LogP contribution in [0.4, 0.5) is 15.9 Å². The molecule has 0 spiro atoms. The third kappa shape index (κ3) is 6.00. The zero-order chi connectivity index (χ0) is 26.5. The van der Waals surface area contributed by atoms with Gasteiger partial charge in [-0.15, -0.1) is 0 Å². The second-order valence-electron chi connectivity index (χ2n) is 8.32. The molecular weight excluding hydrogens is 493 g/mol. The highest BCUT2D eigenvalue weighted by atomic mass is 35.5. The van der Waals surface area contributed by atoms with Crippen molar-refractivity contribution in [3.8, 4) is 6.07 Å². The third-order valence-electron chi connectivity index (χ3n) is 5.58. The zero-order valence-corrected chi connectivity index (χ0v) is 21.1. The number of anilines is 2. The Kier molecular flexibility index (Phi) is 7.60. The SMILES string of the molecule is CC1=C(C(=O)Nc2ccc(C#N)cn2)C(c2ccccc2Cl)N=C(/N=C(/C)Nc2ccc(F)cc2C)N1. The van der Waals surface area contributed by atoms with Gasteiger partial charge in [0.05, 0.1) is 11.1 Å². The summed E-state index contributed by atoms with van der Waals surface area (Å²) < 4.78 is 13.5. The minimum atomic E-state index is -0.743. The maximum absolute atomic E-state index is 13.5. The summed E-state index contributed by atoms with van der Waals surface area (Å²) in [6, 6.07) is 16.0. The number of guanidine groups is 1. The van der Waals surface area contributed by atoms with Crippen molar-refractivity contribution in [2.45, 2.75) is 26.8 Å². The first kappa shape index (κ1) is 25.5. The molecule has 8 nitrogen and oxygen atoms in total. The standard InChI is InChI=1S/C27H23ClFN7O/c1-15-12-19(29)9-10-22(15)33-17(3)34-27-32-16(2)24(25(36-27)20-6-4-5-7-21(20)28)26(37)35-23-11-8-18(13-30)14-31-23/h4-12,14,25H,1-3H3,(H,31,35,37)(H2,32,33,34,36). The summed E-state index contributed by atoms with van der Waals surface area (Å²) in [6.07, 6.45) is 1.38. The molecule has 3 N–H and O–H groups in total. The number of nitrogens with one attached hydrogen (secondary N) is 3. The Labute approximate surface area is 218 Å². The number of hydrogen-bond donors (Lipinski definition) is 3. The van der Waals surface area contributed by atoms with Gasteiger partial charge in [0.1, 0.15) is 29.6 Å². The van der Waals surface area contributed by atoms with Crippen molar-refractivity contribution in [2.75, 3.05) is 10.6 Å². The molecule has 0 saturated carbocycles. The van der Waals surface area contributed by atoms with Crippen molar-refractivity contribution in [2.24, 2.45) is 9.98 Å². The van der Waals surface area contributed by atoms with Gasteiger partial charge in [-0.25, -0.2) is 19.4 Å². The summed E-state index contributed by atoms with van der Waals surface area (Å²) in [5, 5.41) is 18.4. The number of carbonyl (C=O) groups is 1. The van der Waals surface area contributed by atoms with E-state index in [0.29, 0.717) is 44.8 Å². The summed E-state index contributed by atoms with van der Waals surface area (Å²) in [4.78, 5) is 26.7. The van der Waals surface area contributed by atoms with E-state index in [1.165, 1.54) is 18.3 Å². The Morgan fingerprint density at radius 1 is 1.16 bits per heavy atom. The van der Waals surface area contributed by atoms with Gasteiger partial charge >= 0.3 is 0 Å². The fourth-order valence-corrected chi connectivity index (χ4v) is 4.04. The van der Waals surface area contributed by atoms with Crippen molar-refractivity contribution in [1.29, 1.82) is 5.26 Å². The predicted octanol–water partition coefficient (Wildman–Crippen LogP) is 5.50. The molecule has 1 unspecified atom stereocenters. The molecule has 1 aliphatic rings. The highest BCUT2D eigenvalue weighted by molar-refractivity contribution is 6.31. The lowest BCUT2D eigenvalue weighted by Gasteiger charge is -2.26. The number of amides is 1. The van der Waals surface area contributed by atoms with Crippen LogP contribution >= 0.6 is 11.6 Å². The smallest absolute Gasteiger partial charge is 0.257 e. The molecule has 37 heavy (non-hydrogen) atoms. The number of halogens is 2. The molecule has 10 heteroatoms. The average molecular weight is 516 g/mol. The first-order valence-corrected chi connectivity index (χ1v) is 11.7. The number of carbonyl (C=O) groups excluding carboxylic acids is 1. The van der Waals surface area contributed by atoms with Gasteiger partial charge in [0.2, 0.25) is 5.96 Å². The summed E-state index contributed by atoms with van der Waals surface area (Å²) >= 11 is 6.49. The summed E-state index contributed by atoms with van der Waals surface area (Å²) in [5.74, 6) is 0.350. The van der Waals surface area contributed by atoms with Crippen LogP contribution in [0, 0.1) is 24.1 Å². The molecule has 2 aromatic carbocycles. The van der Waals surface area contributed by atoms with Gasteiger partial charge in [0, 0.05) is 28.2 Å². The minimum Gasteiger partial charge on any atom is -0.344 e. The fraction of sp³-hybridized carbons (Fsp3) is 0.148. The van der Waals surface area contributed by atoms with E-state index in [1.54, 1.807) is 57.2 Å². The molecule has 1 atom stereocenters. The summed E-state index contributed by atoms with van der Waals surface area (Å²) in [5.41, 5.74) is 3.34. The van der Waals surface area contributed by atoms with E-state index in [1.807, 2.05) is 12.1 Å². The molecule has 2 heterocycles. The number of allylic oxidation sites excluding steroid dienone is 1. The summed E-state index contributed by atoms with van der Waals surface area (Å²) in [6.45, 7) is 5.31. The maximum atomic E-state index is 13.5. The Hall–Kier alpha value is -4.55. The van der Waals surface area contributed by atoms with Crippen molar-refractivity contribution >= 4 is 40.8 Å². The van der Waals surface area contributed by atoms with Crippen LogP contribution in [-0.4, -0.2) is 22.7 Å². The van der Waals surface area contributed by atoms with Crippen molar-refractivity contribution in [3.05, 3.63) is 99.6 Å². The lowest BCUT2D eigenvalue weighted by atomic mass is 9.95. The molecule has 0 radical (unpaired) electrons. The van der Waals surface area contributed by atoms with E-state index < -0.39 is 11.9 Å². The average Bonchev–Trinajstić information content (AvgIpc) is 2.86. The fourth-order valence-electron chi connectivity index (χ4n) is 3.80. The van der Waals surface area contributed by atoms with Gasteiger partial charge in [-0.2, -0.15) is 5.26 Å². The van der Waals surface area contributed by atoms with E-state index >= 15 is 0 Å². The lowest BCUT2D eigenvalue weighted by molar-refractivity contribution is -0.113. The van der Waals surface area contributed by atoms with Gasteiger partial charge in [0.15, 0.2) is 0 Å². The Morgan fingerprint density at radius 2 is 1.95 bits per heavy atom. The highest BCUT2D eigenvalue weighted by Crippen LogP contribution is 2.35. The minimum absolute atomic E-state index is 0.278. The number of hydrogen-bond acceptors (Lipinski definition) is 6. The van der Waals surface area contributed by atoms with Crippen LogP contribution < -0.4 is 16.0 Å². The lowest BCUT2D eigenvalue weighted by Crippen LogP contribution is -2.33. The van der Waals surface area contributed by atoms with Crippen molar-refractivity contribution in [3.63, 3.8) is 0 Å². The Morgan fingerprint density at radius 3 is 2.62 bits per heavy atom. The number of aryl methyl sites for hydroxylation is 1. The van der Waals surface area contributed by atoms with Crippen LogP contribution in [0.3, 0.4) is 0 Å². The van der Waals surface area contributed by atoms with Gasteiger partial charge in [-0.05, 0) is 62.7 Å². The number of aliphatic imine (C=N–C) groups is 2. The molecule has 0 aliphatic carbocycles. The molecule has 186 valence electrons. The Bertz CT molecular complexity index is 1490. The molecule has 0 saturated heterocycles. The van der Waals surface area contributed by atoms with E-state index in [4.69, 9.17) is 21.9 Å². The number of rotatable bonds is 4.